The first-order valence-corrected chi connectivity index (χ1v) is 8.67. The van der Waals surface area contributed by atoms with Gasteiger partial charge in [-0.15, -0.1) is 0 Å². The third-order valence-corrected chi connectivity index (χ3v) is 4.56. The van der Waals surface area contributed by atoms with Gasteiger partial charge in [0.2, 0.25) is 0 Å². The molecule has 0 saturated heterocycles. The smallest absolute Gasteiger partial charge is 0.175 e. The Balaban J connectivity index is 2.03. The van der Waals surface area contributed by atoms with Gasteiger partial charge in [-0.1, -0.05) is 11.6 Å². The van der Waals surface area contributed by atoms with E-state index in [1.165, 1.54) is 6.26 Å². The minimum absolute atomic E-state index is 0.283. The number of aromatic nitrogens is 3. The second-order valence-electron chi connectivity index (χ2n) is 4.78. The fraction of sp³-hybridized carbons (Fsp3) is 0.0667. The van der Waals surface area contributed by atoms with Crippen LogP contribution in [0.4, 0.5) is 0 Å². The Labute approximate surface area is 133 Å². The topological polar surface area (TPSA) is 64.8 Å². The van der Waals surface area contributed by atoms with Gasteiger partial charge in [-0.25, -0.2) is 18.4 Å². The van der Waals surface area contributed by atoms with Crippen LogP contribution in [-0.2, 0) is 9.84 Å². The molecule has 0 radical (unpaired) electrons. The molecule has 7 heteroatoms. The van der Waals surface area contributed by atoms with E-state index in [1.54, 1.807) is 49.1 Å². The van der Waals surface area contributed by atoms with Crippen LogP contribution in [0.5, 0.6) is 0 Å². The first-order chi connectivity index (χ1) is 10.4. The average Bonchev–Trinajstić information content (AvgIpc) is 2.97. The van der Waals surface area contributed by atoms with Gasteiger partial charge in [0.25, 0.3) is 0 Å². The molecule has 0 aliphatic carbocycles. The molecule has 0 atom stereocenters. The lowest BCUT2D eigenvalue weighted by atomic mass is 10.2. The Hall–Kier alpha value is -2.18. The molecule has 0 aliphatic heterocycles. The van der Waals surface area contributed by atoms with Crippen LogP contribution in [0.2, 0.25) is 5.15 Å². The van der Waals surface area contributed by atoms with Crippen LogP contribution < -0.4 is 0 Å². The lowest BCUT2D eigenvalue weighted by Crippen LogP contribution is -1.99. The van der Waals surface area contributed by atoms with E-state index in [-0.39, 0.29) is 4.90 Å². The Kier molecular flexibility index (Phi) is 3.72. The van der Waals surface area contributed by atoms with E-state index in [9.17, 15) is 8.42 Å². The van der Waals surface area contributed by atoms with Gasteiger partial charge in [-0.3, -0.25) is 4.57 Å². The molecule has 5 nitrogen and oxygen atoms in total. The number of hydrogen-bond donors (Lipinski definition) is 0. The summed E-state index contributed by atoms with van der Waals surface area (Å²) in [6.07, 6.45) is 6.24. The van der Waals surface area contributed by atoms with Crippen molar-refractivity contribution in [2.24, 2.45) is 0 Å². The summed E-state index contributed by atoms with van der Waals surface area (Å²) in [7, 11) is -3.20. The number of hydrogen-bond acceptors (Lipinski definition) is 4. The van der Waals surface area contributed by atoms with Crippen molar-refractivity contribution in [3.8, 4) is 16.9 Å². The Bertz CT molecular complexity index is 901. The molecule has 0 aliphatic rings. The van der Waals surface area contributed by atoms with E-state index in [1.807, 2.05) is 10.6 Å². The number of benzene rings is 1. The maximum atomic E-state index is 11.5. The molecule has 112 valence electrons. The van der Waals surface area contributed by atoms with Crippen molar-refractivity contribution in [2.75, 3.05) is 6.26 Å². The molecule has 0 amide bonds. The summed E-state index contributed by atoms with van der Waals surface area (Å²) in [6.45, 7) is 0. The first kappa shape index (κ1) is 14.7. The molecular formula is C15H12ClN3O2S. The fourth-order valence-electron chi connectivity index (χ4n) is 2.10. The second-order valence-corrected chi connectivity index (χ2v) is 7.19. The maximum Gasteiger partial charge on any atom is 0.175 e. The summed E-state index contributed by atoms with van der Waals surface area (Å²) < 4.78 is 24.9. The normalized spacial score (nSPS) is 11.5. The monoisotopic (exact) mass is 333 g/mol. The predicted octanol–water partition coefficient (Wildman–Crippen LogP) is 2.99. The number of nitrogens with zero attached hydrogens (tertiary/aromatic N) is 3. The number of halogens is 1. The summed E-state index contributed by atoms with van der Waals surface area (Å²) in [5, 5.41) is 0.423. The summed E-state index contributed by atoms with van der Waals surface area (Å²) in [4.78, 5) is 8.50. The summed E-state index contributed by atoms with van der Waals surface area (Å²) in [5.74, 6) is 0. The predicted molar refractivity (Wildman–Crippen MR) is 84.9 cm³/mol. The van der Waals surface area contributed by atoms with Crippen molar-refractivity contribution in [1.82, 2.24) is 14.5 Å². The van der Waals surface area contributed by atoms with Gasteiger partial charge in [-0.2, -0.15) is 0 Å². The van der Waals surface area contributed by atoms with Gasteiger partial charge in [0, 0.05) is 23.7 Å². The number of imidazole rings is 1. The van der Waals surface area contributed by atoms with E-state index in [0.717, 1.165) is 16.9 Å². The lowest BCUT2D eigenvalue weighted by molar-refractivity contribution is 0.602. The molecule has 0 fully saturated rings. The summed E-state index contributed by atoms with van der Waals surface area (Å²) in [5.41, 5.74) is 2.53. The van der Waals surface area contributed by atoms with Crippen LogP contribution >= 0.6 is 11.6 Å². The van der Waals surface area contributed by atoms with E-state index in [4.69, 9.17) is 11.6 Å². The van der Waals surface area contributed by atoms with Gasteiger partial charge in [0.05, 0.1) is 23.1 Å². The highest BCUT2D eigenvalue weighted by atomic mass is 35.5. The average molecular weight is 334 g/mol. The summed E-state index contributed by atoms with van der Waals surface area (Å²) in [6, 6.07) is 10.2. The highest BCUT2D eigenvalue weighted by molar-refractivity contribution is 7.90. The molecule has 3 rings (SSSR count). The van der Waals surface area contributed by atoms with Crippen LogP contribution in [0.3, 0.4) is 0 Å². The molecule has 3 aromatic rings. The zero-order chi connectivity index (χ0) is 15.7. The van der Waals surface area contributed by atoms with E-state index in [0.29, 0.717) is 5.15 Å². The van der Waals surface area contributed by atoms with Crippen molar-refractivity contribution < 1.29 is 8.42 Å². The molecule has 0 bridgehead atoms. The van der Waals surface area contributed by atoms with Gasteiger partial charge < -0.3 is 0 Å². The highest BCUT2D eigenvalue weighted by Crippen LogP contribution is 2.23. The third kappa shape index (κ3) is 2.88. The Morgan fingerprint density at radius 1 is 1.05 bits per heavy atom. The minimum atomic E-state index is -3.20. The van der Waals surface area contributed by atoms with Gasteiger partial charge >= 0.3 is 0 Å². The molecule has 2 heterocycles. The largest absolute Gasteiger partial charge is 0.299 e. The lowest BCUT2D eigenvalue weighted by Gasteiger charge is -2.09. The SMILES string of the molecule is CS(=O)(=O)c1ccc(-n2cncc2-c2ccc(Cl)nc2)cc1. The van der Waals surface area contributed by atoms with Crippen molar-refractivity contribution in [1.29, 1.82) is 0 Å². The van der Waals surface area contributed by atoms with E-state index in [2.05, 4.69) is 9.97 Å². The molecule has 22 heavy (non-hydrogen) atoms. The molecule has 0 spiro atoms. The fourth-order valence-corrected chi connectivity index (χ4v) is 2.84. The van der Waals surface area contributed by atoms with Crippen molar-refractivity contribution in [3.63, 3.8) is 0 Å². The number of rotatable bonds is 3. The van der Waals surface area contributed by atoms with Crippen LogP contribution in [-0.4, -0.2) is 29.2 Å². The highest BCUT2D eigenvalue weighted by Gasteiger charge is 2.10. The summed E-state index contributed by atoms with van der Waals surface area (Å²) >= 11 is 5.80. The number of pyridine rings is 1. The molecule has 2 aromatic heterocycles. The minimum Gasteiger partial charge on any atom is -0.299 e. The quantitative estimate of drug-likeness (QED) is 0.691. The zero-order valence-corrected chi connectivity index (χ0v) is 13.2. The Morgan fingerprint density at radius 3 is 2.36 bits per heavy atom. The first-order valence-electron chi connectivity index (χ1n) is 6.40. The second kappa shape index (κ2) is 5.55. The van der Waals surface area contributed by atoms with Crippen LogP contribution in [0.25, 0.3) is 16.9 Å². The van der Waals surface area contributed by atoms with Crippen molar-refractivity contribution >= 4 is 21.4 Å². The maximum absolute atomic E-state index is 11.5. The molecule has 0 unspecified atom stereocenters. The molecular weight excluding hydrogens is 322 g/mol. The van der Waals surface area contributed by atoms with E-state index < -0.39 is 9.84 Å². The zero-order valence-electron chi connectivity index (χ0n) is 11.6. The van der Waals surface area contributed by atoms with Crippen molar-refractivity contribution in [2.45, 2.75) is 4.90 Å². The Morgan fingerprint density at radius 2 is 1.77 bits per heavy atom. The molecule has 0 N–H and O–H groups in total. The van der Waals surface area contributed by atoms with E-state index >= 15 is 0 Å². The van der Waals surface area contributed by atoms with Crippen LogP contribution in [0, 0.1) is 0 Å². The van der Waals surface area contributed by atoms with Crippen LogP contribution in [0.15, 0.2) is 60.0 Å². The van der Waals surface area contributed by atoms with Gasteiger partial charge in [0.1, 0.15) is 5.15 Å². The van der Waals surface area contributed by atoms with Gasteiger partial charge in [0.15, 0.2) is 9.84 Å². The standard InChI is InChI=1S/C15H12ClN3O2S/c1-22(20,21)13-5-3-12(4-6-13)19-10-17-9-14(19)11-2-7-15(16)18-8-11/h2-10H,1H3. The number of sulfone groups is 1. The van der Waals surface area contributed by atoms with Crippen molar-refractivity contribution in [3.05, 3.63) is 60.3 Å². The molecule has 1 aromatic carbocycles. The van der Waals surface area contributed by atoms with Gasteiger partial charge in [-0.05, 0) is 36.4 Å². The van der Waals surface area contributed by atoms with Crippen LogP contribution in [0.1, 0.15) is 0 Å². The molecule has 0 saturated carbocycles. The third-order valence-electron chi connectivity index (χ3n) is 3.20.